The molecule has 1 N–H and O–H groups in total. The van der Waals surface area contributed by atoms with E-state index in [2.05, 4.69) is 5.32 Å². The van der Waals surface area contributed by atoms with Gasteiger partial charge in [0.25, 0.3) is 0 Å². The first-order valence-corrected chi connectivity index (χ1v) is 9.83. The predicted molar refractivity (Wildman–Crippen MR) is 111 cm³/mol. The third kappa shape index (κ3) is 6.12. The highest BCUT2D eigenvalue weighted by atomic mass is 16.5. The first-order valence-electron chi connectivity index (χ1n) is 9.83. The Morgan fingerprint density at radius 3 is 2.25 bits per heavy atom. The highest BCUT2D eigenvalue weighted by Crippen LogP contribution is 2.18. The summed E-state index contributed by atoms with van der Waals surface area (Å²) in [7, 11) is 1.62. The van der Waals surface area contributed by atoms with Crippen molar-refractivity contribution in [3.8, 4) is 5.75 Å². The summed E-state index contributed by atoms with van der Waals surface area (Å²) >= 11 is 0. The highest BCUT2D eigenvalue weighted by Gasteiger charge is 2.29. The largest absolute Gasteiger partial charge is 0.497 e. The number of benzene rings is 2. The van der Waals surface area contributed by atoms with Crippen LogP contribution < -0.4 is 10.1 Å². The lowest BCUT2D eigenvalue weighted by Gasteiger charge is -2.31. The molecule has 0 aliphatic rings. The van der Waals surface area contributed by atoms with Crippen molar-refractivity contribution in [1.29, 1.82) is 0 Å². The van der Waals surface area contributed by atoms with Gasteiger partial charge in [0, 0.05) is 25.9 Å². The van der Waals surface area contributed by atoms with E-state index in [1.165, 1.54) is 0 Å². The average molecular weight is 383 g/mol. The maximum absolute atomic E-state index is 12.9. The van der Waals surface area contributed by atoms with Gasteiger partial charge in [-0.15, -0.1) is 0 Å². The molecule has 2 rings (SSSR count). The zero-order valence-electron chi connectivity index (χ0n) is 17.0. The fourth-order valence-corrected chi connectivity index (χ4v) is 3.05. The van der Waals surface area contributed by atoms with Crippen molar-refractivity contribution in [3.63, 3.8) is 0 Å². The molecule has 0 heterocycles. The predicted octanol–water partition coefficient (Wildman–Crippen LogP) is 3.57. The van der Waals surface area contributed by atoms with Crippen molar-refractivity contribution in [2.24, 2.45) is 0 Å². The van der Waals surface area contributed by atoms with Crippen LogP contribution in [-0.2, 0) is 22.6 Å². The summed E-state index contributed by atoms with van der Waals surface area (Å²) in [4.78, 5) is 27.4. The highest BCUT2D eigenvalue weighted by molar-refractivity contribution is 5.87. The molecule has 0 fully saturated rings. The van der Waals surface area contributed by atoms with Crippen molar-refractivity contribution in [2.75, 3.05) is 13.7 Å². The van der Waals surface area contributed by atoms with Crippen LogP contribution >= 0.6 is 0 Å². The van der Waals surface area contributed by atoms with Gasteiger partial charge in [-0.05, 0) is 29.7 Å². The summed E-state index contributed by atoms with van der Waals surface area (Å²) in [5, 5.41) is 2.96. The molecule has 2 aromatic carbocycles. The number of nitrogens with zero attached hydrogens (tertiary/aromatic N) is 1. The van der Waals surface area contributed by atoms with Crippen LogP contribution in [0.1, 0.15) is 37.8 Å². The van der Waals surface area contributed by atoms with Gasteiger partial charge in [0.1, 0.15) is 11.8 Å². The van der Waals surface area contributed by atoms with Crippen LogP contribution in [0.4, 0.5) is 0 Å². The lowest BCUT2D eigenvalue weighted by Crippen LogP contribution is -2.50. The van der Waals surface area contributed by atoms with E-state index in [1.807, 2.05) is 68.4 Å². The molecule has 28 heavy (non-hydrogen) atoms. The van der Waals surface area contributed by atoms with Crippen LogP contribution in [-0.4, -0.2) is 36.4 Å². The molecule has 1 unspecified atom stereocenters. The zero-order chi connectivity index (χ0) is 20.4. The number of methoxy groups -OCH3 is 1. The van der Waals surface area contributed by atoms with E-state index in [1.54, 1.807) is 12.0 Å². The number of ether oxygens (including phenoxy) is 1. The quantitative estimate of drug-likeness (QED) is 0.683. The van der Waals surface area contributed by atoms with Crippen LogP contribution in [0.25, 0.3) is 0 Å². The number of hydrogen-bond donors (Lipinski definition) is 1. The van der Waals surface area contributed by atoms with Crippen molar-refractivity contribution in [1.82, 2.24) is 10.2 Å². The zero-order valence-corrected chi connectivity index (χ0v) is 17.0. The molecule has 5 heteroatoms. The third-order valence-corrected chi connectivity index (χ3v) is 4.63. The van der Waals surface area contributed by atoms with Crippen LogP contribution in [0.3, 0.4) is 0 Å². The minimum Gasteiger partial charge on any atom is -0.497 e. The Balaban J connectivity index is 2.30. The van der Waals surface area contributed by atoms with E-state index < -0.39 is 6.04 Å². The van der Waals surface area contributed by atoms with Crippen LogP contribution in [0.2, 0.25) is 0 Å². The third-order valence-electron chi connectivity index (χ3n) is 4.63. The molecule has 5 nitrogen and oxygen atoms in total. The van der Waals surface area contributed by atoms with E-state index in [9.17, 15) is 9.59 Å². The monoisotopic (exact) mass is 382 g/mol. The number of carbonyl (C=O) groups is 2. The fraction of sp³-hybridized carbons (Fsp3) is 0.391. The van der Waals surface area contributed by atoms with Gasteiger partial charge in [-0.2, -0.15) is 0 Å². The molecule has 0 spiro atoms. The smallest absolute Gasteiger partial charge is 0.243 e. The Labute approximate surface area is 167 Å². The van der Waals surface area contributed by atoms with Gasteiger partial charge in [-0.3, -0.25) is 9.59 Å². The molecule has 1 atom stereocenters. The Morgan fingerprint density at radius 1 is 1.00 bits per heavy atom. The Hall–Kier alpha value is -2.82. The first-order chi connectivity index (χ1) is 13.6. The van der Waals surface area contributed by atoms with Crippen molar-refractivity contribution in [3.05, 3.63) is 65.7 Å². The second-order valence-electron chi connectivity index (χ2n) is 6.72. The SMILES string of the molecule is CCCNC(=O)C(Cc1ccccc1)N(Cc1ccc(OC)cc1)C(=O)CC. The van der Waals surface area contributed by atoms with E-state index in [4.69, 9.17) is 4.74 Å². The van der Waals surface area contributed by atoms with Crippen LogP contribution in [0, 0.1) is 0 Å². The second-order valence-corrected chi connectivity index (χ2v) is 6.72. The topological polar surface area (TPSA) is 58.6 Å². The van der Waals surface area contributed by atoms with Crippen molar-refractivity contribution < 1.29 is 14.3 Å². The first kappa shape index (κ1) is 21.5. The number of hydrogen-bond acceptors (Lipinski definition) is 3. The molecule has 0 aliphatic carbocycles. The number of nitrogens with one attached hydrogen (secondary N) is 1. The van der Waals surface area contributed by atoms with Gasteiger partial charge in [0.15, 0.2) is 0 Å². The van der Waals surface area contributed by atoms with Crippen LogP contribution in [0.15, 0.2) is 54.6 Å². The summed E-state index contributed by atoms with van der Waals surface area (Å²) in [6.07, 6.45) is 1.69. The fourth-order valence-electron chi connectivity index (χ4n) is 3.05. The molecule has 0 saturated carbocycles. The number of carbonyl (C=O) groups excluding carboxylic acids is 2. The minimum atomic E-state index is -0.552. The maximum atomic E-state index is 12.9. The molecule has 150 valence electrons. The Bertz CT molecular complexity index is 744. The van der Waals surface area contributed by atoms with Gasteiger partial charge in [-0.1, -0.05) is 56.3 Å². The summed E-state index contributed by atoms with van der Waals surface area (Å²) in [6, 6.07) is 16.9. The minimum absolute atomic E-state index is 0.0385. The maximum Gasteiger partial charge on any atom is 0.243 e. The van der Waals surface area contributed by atoms with Crippen molar-refractivity contribution >= 4 is 11.8 Å². The second kappa shape index (κ2) is 11.1. The van der Waals surface area contributed by atoms with Gasteiger partial charge in [0.2, 0.25) is 11.8 Å². The summed E-state index contributed by atoms with van der Waals surface area (Å²) < 4.78 is 5.21. The molecule has 2 amide bonds. The van der Waals surface area contributed by atoms with Gasteiger partial charge < -0.3 is 15.0 Å². The van der Waals surface area contributed by atoms with E-state index in [0.717, 1.165) is 23.3 Å². The summed E-state index contributed by atoms with van der Waals surface area (Å²) in [5.41, 5.74) is 1.99. The lowest BCUT2D eigenvalue weighted by atomic mass is 10.0. The van der Waals surface area contributed by atoms with E-state index in [0.29, 0.717) is 25.9 Å². The summed E-state index contributed by atoms with van der Waals surface area (Å²) in [6.45, 7) is 4.82. The van der Waals surface area contributed by atoms with E-state index >= 15 is 0 Å². The molecule has 0 bridgehead atoms. The lowest BCUT2D eigenvalue weighted by molar-refractivity contribution is -0.141. The number of rotatable bonds is 10. The molecule has 0 saturated heterocycles. The van der Waals surface area contributed by atoms with Crippen molar-refractivity contribution in [2.45, 2.75) is 45.7 Å². The molecule has 0 radical (unpaired) electrons. The van der Waals surface area contributed by atoms with Crippen LogP contribution in [0.5, 0.6) is 5.75 Å². The molecular formula is C23H30N2O3. The Kier molecular flexibility index (Phi) is 8.53. The number of amides is 2. The standard InChI is InChI=1S/C23H30N2O3/c1-4-15-24-23(27)21(16-18-9-7-6-8-10-18)25(22(26)5-2)17-19-11-13-20(28-3)14-12-19/h6-14,21H,4-5,15-17H2,1-3H3,(H,24,27). The normalized spacial score (nSPS) is 11.5. The molecule has 0 aromatic heterocycles. The molecular weight excluding hydrogens is 352 g/mol. The Morgan fingerprint density at radius 2 is 1.68 bits per heavy atom. The van der Waals surface area contributed by atoms with Gasteiger partial charge in [0.05, 0.1) is 7.11 Å². The molecule has 2 aromatic rings. The summed E-state index contributed by atoms with van der Waals surface area (Å²) in [5.74, 6) is 0.614. The molecule has 0 aliphatic heterocycles. The van der Waals surface area contributed by atoms with Gasteiger partial charge >= 0.3 is 0 Å². The average Bonchev–Trinajstić information content (AvgIpc) is 2.75. The van der Waals surface area contributed by atoms with E-state index in [-0.39, 0.29) is 11.8 Å². The van der Waals surface area contributed by atoms with Gasteiger partial charge in [-0.25, -0.2) is 0 Å².